The molecule has 1 aromatic rings. The van der Waals surface area contributed by atoms with Crippen LogP contribution in [0.25, 0.3) is 0 Å². The Morgan fingerprint density at radius 2 is 1.83 bits per heavy atom. The molecule has 0 saturated carbocycles. The van der Waals surface area contributed by atoms with Gasteiger partial charge in [-0.05, 0) is 25.5 Å². The Hall–Kier alpha value is -1.36. The van der Waals surface area contributed by atoms with Crippen LogP contribution in [0.3, 0.4) is 0 Å². The Labute approximate surface area is 109 Å². The lowest BCUT2D eigenvalue weighted by Gasteiger charge is -2.02. The predicted octanol–water partition coefficient (Wildman–Crippen LogP) is 2.62. The Balaban J connectivity index is 2.80. The van der Waals surface area contributed by atoms with E-state index in [9.17, 15) is 8.42 Å². The second kappa shape index (κ2) is 6.54. The first-order valence-electron chi connectivity index (χ1n) is 6.11. The van der Waals surface area contributed by atoms with Gasteiger partial charge in [0, 0.05) is 6.42 Å². The molecule has 5 heteroatoms. The topological polar surface area (TPSA) is 72.5 Å². The number of nitrogens with zero attached hydrogens (tertiary/aromatic N) is 1. The van der Waals surface area contributed by atoms with E-state index in [0.29, 0.717) is 6.42 Å². The van der Waals surface area contributed by atoms with Gasteiger partial charge in [0.25, 0.3) is 10.0 Å². The van der Waals surface area contributed by atoms with Crippen LogP contribution in [0.4, 0.5) is 0 Å². The molecule has 0 amide bonds. The van der Waals surface area contributed by atoms with E-state index in [2.05, 4.69) is 11.3 Å². The maximum atomic E-state index is 11.9. The summed E-state index contributed by atoms with van der Waals surface area (Å²) in [6.07, 6.45) is 3.49. The number of hydrogen-bond donors (Lipinski definition) is 1. The zero-order valence-corrected chi connectivity index (χ0v) is 11.7. The number of amidine groups is 1. The number of unbranched alkanes of at least 4 members (excludes halogenated alkanes) is 2. The quantitative estimate of drug-likeness (QED) is 0.489. The monoisotopic (exact) mass is 268 g/mol. The van der Waals surface area contributed by atoms with Gasteiger partial charge in [0.15, 0.2) is 0 Å². The fourth-order valence-corrected chi connectivity index (χ4v) is 2.50. The zero-order chi connectivity index (χ0) is 13.6. The summed E-state index contributed by atoms with van der Waals surface area (Å²) >= 11 is 0. The van der Waals surface area contributed by atoms with Crippen molar-refractivity contribution in [2.24, 2.45) is 10.1 Å². The van der Waals surface area contributed by atoms with Crippen LogP contribution in [-0.2, 0) is 10.0 Å². The predicted molar refractivity (Wildman–Crippen MR) is 74.1 cm³/mol. The van der Waals surface area contributed by atoms with Crippen molar-refractivity contribution in [3.63, 3.8) is 0 Å². The number of nitrogens with two attached hydrogens (primary N) is 1. The van der Waals surface area contributed by atoms with Gasteiger partial charge in [-0.15, -0.1) is 4.40 Å². The molecule has 0 saturated heterocycles. The third-order valence-electron chi connectivity index (χ3n) is 2.59. The van der Waals surface area contributed by atoms with Gasteiger partial charge in [0.2, 0.25) is 0 Å². The second-order valence-electron chi connectivity index (χ2n) is 4.33. The average Bonchev–Trinajstić information content (AvgIpc) is 2.29. The van der Waals surface area contributed by atoms with Gasteiger partial charge in [0.05, 0.1) is 4.90 Å². The highest BCUT2D eigenvalue weighted by atomic mass is 32.2. The van der Waals surface area contributed by atoms with E-state index < -0.39 is 10.0 Å². The van der Waals surface area contributed by atoms with E-state index in [1.807, 2.05) is 6.92 Å². The van der Waals surface area contributed by atoms with Crippen LogP contribution in [-0.4, -0.2) is 14.3 Å². The van der Waals surface area contributed by atoms with E-state index in [-0.39, 0.29) is 10.7 Å². The van der Waals surface area contributed by atoms with Gasteiger partial charge >= 0.3 is 0 Å². The molecule has 1 rings (SSSR count). The Morgan fingerprint density at radius 3 is 2.39 bits per heavy atom. The minimum absolute atomic E-state index is 0.184. The molecule has 0 aliphatic carbocycles. The van der Waals surface area contributed by atoms with Crippen LogP contribution in [0.2, 0.25) is 0 Å². The van der Waals surface area contributed by atoms with E-state index in [1.165, 1.54) is 0 Å². The molecule has 0 aromatic heterocycles. The lowest BCUT2D eigenvalue weighted by atomic mass is 10.2. The SMILES string of the molecule is CCCCC/C(N)=N/S(=O)(=O)c1ccc(C)cc1. The van der Waals surface area contributed by atoms with Crippen molar-refractivity contribution >= 4 is 15.9 Å². The fraction of sp³-hybridized carbons (Fsp3) is 0.462. The largest absolute Gasteiger partial charge is 0.386 e. The minimum atomic E-state index is -3.65. The van der Waals surface area contributed by atoms with Gasteiger partial charge in [-0.1, -0.05) is 37.5 Å². The first-order chi connectivity index (χ1) is 8.45. The van der Waals surface area contributed by atoms with E-state index in [0.717, 1.165) is 24.8 Å². The molecule has 2 N–H and O–H groups in total. The number of sulfonamides is 1. The molecule has 0 unspecified atom stereocenters. The highest BCUT2D eigenvalue weighted by Crippen LogP contribution is 2.13. The molecule has 0 fully saturated rings. The third kappa shape index (κ3) is 4.49. The van der Waals surface area contributed by atoms with Crippen molar-refractivity contribution in [2.45, 2.75) is 44.4 Å². The Bertz CT molecular complexity index is 504. The summed E-state index contributed by atoms with van der Waals surface area (Å²) < 4.78 is 27.5. The lowest BCUT2D eigenvalue weighted by molar-refractivity contribution is 0.597. The standard InChI is InChI=1S/C13H20N2O2S/c1-3-4-5-6-13(14)15-18(16,17)12-9-7-11(2)8-10-12/h7-10H,3-6H2,1-2H3,(H2,14,15). The minimum Gasteiger partial charge on any atom is -0.386 e. The van der Waals surface area contributed by atoms with Crippen LogP contribution < -0.4 is 5.73 Å². The van der Waals surface area contributed by atoms with Crippen molar-refractivity contribution in [3.8, 4) is 0 Å². The van der Waals surface area contributed by atoms with Gasteiger partial charge in [-0.25, -0.2) is 0 Å². The fourth-order valence-electron chi connectivity index (χ4n) is 1.52. The van der Waals surface area contributed by atoms with Gasteiger partial charge in [0.1, 0.15) is 5.84 Å². The third-order valence-corrected chi connectivity index (χ3v) is 3.94. The summed E-state index contributed by atoms with van der Waals surface area (Å²) in [6.45, 7) is 3.98. The Kier molecular flexibility index (Phi) is 5.34. The zero-order valence-electron chi connectivity index (χ0n) is 10.9. The second-order valence-corrected chi connectivity index (χ2v) is 5.93. The summed E-state index contributed by atoms with van der Waals surface area (Å²) in [5, 5.41) is 0. The van der Waals surface area contributed by atoms with Crippen molar-refractivity contribution in [3.05, 3.63) is 29.8 Å². The van der Waals surface area contributed by atoms with Crippen molar-refractivity contribution in [1.29, 1.82) is 0 Å². The highest BCUT2D eigenvalue weighted by Gasteiger charge is 2.12. The molecule has 4 nitrogen and oxygen atoms in total. The summed E-state index contributed by atoms with van der Waals surface area (Å²) in [7, 11) is -3.65. The van der Waals surface area contributed by atoms with E-state index in [1.54, 1.807) is 24.3 Å². The van der Waals surface area contributed by atoms with Gasteiger partial charge in [-0.3, -0.25) is 0 Å². The van der Waals surface area contributed by atoms with E-state index in [4.69, 9.17) is 5.73 Å². The lowest BCUT2D eigenvalue weighted by Crippen LogP contribution is -2.14. The van der Waals surface area contributed by atoms with Crippen LogP contribution in [0.5, 0.6) is 0 Å². The summed E-state index contributed by atoms with van der Waals surface area (Å²) in [5.74, 6) is 0.184. The smallest absolute Gasteiger partial charge is 0.283 e. The first kappa shape index (κ1) is 14.7. The summed E-state index contributed by atoms with van der Waals surface area (Å²) in [5.41, 5.74) is 6.65. The Morgan fingerprint density at radius 1 is 1.22 bits per heavy atom. The summed E-state index contributed by atoms with van der Waals surface area (Å²) in [4.78, 5) is 0.187. The van der Waals surface area contributed by atoms with Crippen LogP contribution in [0.1, 0.15) is 38.2 Å². The summed E-state index contributed by atoms with van der Waals surface area (Å²) in [6, 6.07) is 6.59. The maximum Gasteiger partial charge on any atom is 0.283 e. The molecule has 0 bridgehead atoms. The molecule has 0 aliphatic heterocycles. The molecule has 0 radical (unpaired) electrons. The molecular formula is C13H20N2O2S. The average molecular weight is 268 g/mol. The maximum absolute atomic E-state index is 11.9. The molecule has 0 heterocycles. The number of aryl methyl sites for hydroxylation is 1. The molecule has 0 spiro atoms. The van der Waals surface area contributed by atoms with Crippen LogP contribution >= 0.6 is 0 Å². The molecule has 18 heavy (non-hydrogen) atoms. The van der Waals surface area contributed by atoms with Crippen LogP contribution in [0.15, 0.2) is 33.6 Å². The molecule has 0 aliphatic rings. The number of hydrogen-bond acceptors (Lipinski definition) is 2. The van der Waals surface area contributed by atoms with Crippen molar-refractivity contribution in [2.75, 3.05) is 0 Å². The molecule has 0 atom stereocenters. The van der Waals surface area contributed by atoms with Crippen molar-refractivity contribution in [1.82, 2.24) is 0 Å². The van der Waals surface area contributed by atoms with Crippen LogP contribution in [0, 0.1) is 6.92 Å². The highest BCUT2D eigenvalue weighted by molar-refractivity contribution is 7.90. The number of rotatable bonds is 6. The normalized spacial score (nSPS) is 12.7. The first-order valence-corrected chi connectivity index (χ1v) is 7.55. The van der Waals surface area contributed by atoms with E-state index >= 15 is 0 Å². The van der Waals surface area contributed by atoms with Gasteiger partial charge < -0.3 is 5.73 Å². The van der Waals surface area contributed by atoms with Crippen molar-refractivity contribution < 1.29 is 8.42 Å². The number of benzene rings is 1. The molecule has 100 valence electrons. The molecular weight excluding hydrogens is 248 g/mol. The molecule has 1 aromatic carbocycles. The van der Waals surface area contributed by atoms with Gasteiger partial charge in [-0.2, -0.15) is 8.42 Å².